The van der Waals surface area contributed by atoms with Crippen molar-refractivity contribution in [2.75, 3.05) is 13.1 Å². The second-order valence-electron chi connectivity index (χ2n) is 6.09. The summed E-state index contributed by atoms with van der Waals surface area (Å²) >= 11 is 0. The highest BCUT2D eigenvalue weighted by molar-refractivity contribution is 5.40. The molecule has 0 atom stereocenters. The molecule has 0 unspecified atom stereocenters. The number of nitrogens with one attached hydrogen (secondary N) is 1. The average molecular weight is 301 g/mol. The quantitative estimate of drug-likeness (QED) is 0.925. The highest BCUT2D eigenvalue weighted by Gasteiger charge is 2.26. The van der Waals surface area contributed by atoms with E-state index in [9.17, 15) is 0 Å². The molecule has 0 spiro atoms. The van der Waals surface area contributed by atoms with Crippen molar-refractivity contribution >= 4 is 0 Å². The second kappa shape index (κ2) is 7.57. The summed E-state index contributed by atoms with van der Waals surface area (Å²) in [5.41, 5.74) is 0.510. The van der Waals surface area contributed by atoms with Crippen LogP contribution in [0.15, 0.2) is 18.5 Å². The van der Waals surface area contributed by atoms with E-state index >= 15 is 0 Å². The second-order valence-corrected chi connectivity index (χ2v) is 6.09. The standard InChI is InChI=1S/C17H23N3O2/c18-11-13-12-20-10-7-17(13)22-15-3-1-14(2-4-15)21-16-5-8-19-9-6-16/h7,10,12,14-16,19H,1-6,8-9H2/t14-,15-. The average Bonchev–Trinajstić information content (AvgIpc) is 2.58. The highest BCUT2D eigenvalue weighted by Crippen LogP contribution is 2.28. The van der Waals surface area contributed by atoms with Gasteiger partial charge in [0.25, 0.3) is 0 Å². The van der Waals surface area contributed by atoms with Crippen LogP contribution in [0.1, 0.15) is 44.1 Å². The van der Waals surface area contributed by atoms with Crippen LogP contribution in [0.5, 0.6) is 5.75 Å². The number of rotatable bonds is 4. The number of ether oxygens (including phenoxy) is 2. The van der Waals surface area contributed by atoms with Crippen LogP contribution in [-0.2, 0) is 4.74 Å². The SMILES string of the molecule is N#Cc1cnccc1O[C@H]1CC[C@H](OC2CCNCC2)CC1. The van der Waals surface area contributed by atoms with E-state index in [0.717, 1.165) is 51.6 Å². The molecule has 5 nitrogen and oxygen atoms in total. The lowest BCUT2D eigenvalue weighted by atomic mass is 9.94. The van der Waals surface area contributed by atoms with Crippen molar-refractivity contribution in [1.29, 1.82) is 5.26 Å². The lowest BCUT2D eigenvalue weighted by Crippen LogP contribution is -2.37. The van der Waals surface area contributed by atoms with Crippen LogP contribution >= 0.6 is 0 Å². The molecule has 1 aliphatic heterocycles. The molecule has 1 saturated heterocycles. The maximum Gasteiger partial charge on any atom is 0.140 e. The summed E-state index contributed by atoms with van der Waals surface area (Å²) in [5.74, 6) is 0.653. The van der Waals surface area contributed by atoms with Gasteiger partial charge in [0.2, 0.25) is 0 Å². The molecule has 0 radical (unpaired) electrons. The molecule has 0 amide bonds. The van der Waals surface area contributed by atoms with Gasteiger partial charge < -0.3 is 14.8 Å². The first-order chi connectivity index (χ1) is 10.8. The van der Waals surface area contributed by atoms with Gasteiger partial charge >= 0.3 is 0 Å². The molecule has 2 fully saturated rings. The Kier molecular flexibility index (Phi) is 5.25. The van der Waals surface area contributed by atoms with Gasteiger partial charge in [0.05, 0.1) is 18.3 Å². The predicted octanol–water partition coefficient (Wildman–Crippen LogP) is 2.41. The molecule has 1 aliphatic carbocycles. The van der Waals surface area contributed by atoms with Crippen molar-refractivity contribution in [3.8, 4) is 11.8 Å². The van der Waals surface area contributed by atoms with E-state index in [1.165, 1.54) is 0 Å². The minimum atomic E-state index is 0.183. The summed E-state index contributed by atoms with van der Waals surface area (Å²) in [6.45, 7) is 2.14. The topological polar surface area (TPSA) is 67.2 Å². The molecule has 22 heavy (non-hydrogen) atoms. The summed E-state index contributed by atoms with van der Waals surface area (Å²) in [7, 11) is 0. The first kappa shape index (κ1) is 15.3. The third-order valence-corrected chi connectivity index (χ3v) is 4.49. The molecule has 5 heteroatoms. The fraction of sp³-hybridized carbons (Fsp3) is 0.647. The Balaban J connectivity index is 1.46. The Bertz CT molecular complexity index is 515. The Hall–Kier alpha value is -1.64. The molecule has 3 rings (SSSR count). The molecular weight excluding hydrogens is 278 g/mol. The van der Waals surface area contributed by atoms with Gasteiger partial charge in [-0.15, -0.1) is 0 Å². The van der Waals surface area contributed by atoms with E-state index in [4.69, 9.17) is 14.7 Å². The first-order valence-corrected chi connectivity index (χ1v) is 8.22. The number of nitrogens with zero attached hydrogens (tertiary/aromatic N) is 2. The van der Waals surface area contributed by atoms with Gasteiger partial charge in [-0.05, 0) is 57.7 Å². The Labute approximate surface area is 131 Å². The van der Waals surface area contributed by atoms with Crippen molar-refractivity contribution in [3.05, 3.63) is 24.0 Å². The number of nitriles is 1. The zero-order valence-electron chi connectivity index (χ0n) is 12.8. The third kappa shape index (κ3) is 3.96. The van der Waals surface area contributed by atoms with Crippen LogP contribution in [0.25, 0.3) is 0 Å². The van der Waals surface area contributed by atoms with Gasteiger partial charge in [0.15, 0.2) is 0 Å². The lowest BCUT2D eigenvalue weighted by molar-refractivity contribution is -0.0548. The third-order valence-electron chi connectivity index (χ3n) is 4.49. The van der Waals surface area contributed by atoms with Crippen LogP contribution in [0.3, 0.4) is 0 Å². The maximum atomic E-state index is 9.08. The smallest absolute Gasteiger partial charge is 0.140 e. The number of hydrogen-bond donors (Lipinski definition) is 1. The van der Waals surface area contributed by atoms with Gasteiger partial charge in [0, 0.05) is 12.4 Å². The van der Waals surface area contributed by atoms with Crippen molar-refractivity contribution in [2.24, 2.45) is 0 Å². The number of piperidine rings is 1. The Morgan fingerprint density at radius 2 is 1.73 bits per heavy atom. The summed E-state index contributed by atoms with van der Waals surface area (Å²) in [5, 5.41) is 12.4. The van der Waals surface area contributed by atoms with E-state index in [0.29, 0.717) is 23.5 Å². The van der Waals surface area contributed by atoms with E-state index in [1.807, 2.05) is 0 Å². The van der Waals surface area contributed by atoms with Crippen LogP contribution in [0, 0.1) is 11.3 Å². The van der Waals surface area contributed by atoms with Crippen LogP contribution in [0.2, 0.25) is 0 Å². The van der Waals surface area contributed by atoms with E-state index < -0.39 is 0 Å². The predicted molar refractivity (Wildman–Crippen MR) is 82.6 cm³/mol. The molecule has 1 saturated carbocycles. The van der Waals surface area contributed by atoms with E-state index in [1.54, 1.807) is 18.5 Å². The van der Waals surface area contributed by atoms with E-state index in [2.05, 4.69) is 16.4 Å². The minimum absolute atomic E-state index is 0.183. The Morgan fingerprint density at radius 3 is 2.45 bits per heavy atom. The molecule has 2 heterocycles. The van der Waals surface area contributed by atoms with Crippen LogP contribution in [0.4, 0.5) is 0 Å². The summed E-state index contributed by atoms with van der Waals surface area (Å²) in [6.07, 6.45) is 10.5. The number of hydrogen-bond acceptors (Lipinski definition) is 5. The van der Waals surface area contributed by atoms with Crippen molar-refractivity contribution in [3.63, 3.8) is 0 Å². The number of aromatic nitrogens is 1. The molecule has 118 valence electrons. The van der Waals surface area contributed by atoms with Crippen molar-refractivity contribution < 1.29 is 9.47 Å². The normalized spacial score (nSPS) is 26.3. The summed E-state index contributed by atoms with van der Waals surface area (Å²) in [4.78, 5) is 3.96. The molecular formula is C17H23N3O2. The van der Waals surface area contributed by atoms with Gasteiger partial charge in [-0.3, -0.25) is 4.98 Å². The maximum absolute atomic E-state index is 9.08. The number of pyridine rings is 1. The van der Waals surface area contributed by atoms with Gasteiger partial charge in [-0.2, -0.15) is 5.26 Å². The van der Waals surface area contributed by atoms with Crippen LogP contribution < -0.4 is 10.1 Å². The zero-order valence-corrected chi connectivity index (χ0v) is 12.8. The highest BCUT2D eigenvalue weighted by atomic mass is 16.5. The first-order valence-electron chi connectivity index (χ1n) is 8.22. The lowest BCUT2D eigenvalue weighted by Gasteiger charge is -2.33. The summed E-state index contributed by atoms with van der Waals surface area (Å²) < 4.78 is 12.2. The molecule has 2 aliphatic rings. The molecule has 0 bridgehead atoms. The Morgan fingerprint density at radius 1 is 1.05 bits per heavy atom. The molecule has 1 aromatic heterocycles. The molecule has 1 N–H and O–H groups in total. The zero-order chi connectivity index (χ0) is 15.2. The summed E-state index contributed by atoms with van der Waals surface area (Å²) in [6, 6.07) is 3.90. The van der Waals surface area contributed by atoms with Crippen molar-refractivity contribution in [1.82, 2.24) is 10.3 Å². The van der Waals surface area contributed by atoms with Gasteiger partial charge in [-0.1, -0.05) is 0 Å². The van der Waals surface area contributed by atoms with Crippen molar-refractivity contribution in [2.45, 2.75) is 56.8 Å². The van der Waals surface area contributed by atoms with Gasteiger partial charge in [0.1, 0.15) is 17.4 Å². The molecule has 1 aromatic rings. The fourth-order valence-corrected chi connectivity index (χ4v) is 3.24. The van der Waals surface area contributed by atoms with Crippen LogP contribution in [-0.4, -0.2) is 36.4 Å². The minimum Gasteiger partial charge on any atom is -0.489 e. The largest absolute Gasteiger partial charge is 0.489 e. The van der Waals surface area contributed by atoms with Gasteiger partial charge in [-0.25, -0.2) is 0 Å². The van der Waals surface area contributed by atoms with E-state index in [-0.39, 0.29) is 6.10 Å². The fourth-order valence-electron chi connectivity index (χ4n) is 3.24. The molecule has 0 aromatic carbocycles. The monoisotopic (exact) mass is 301 g/mol.